The van der Waals surface area contributed by atoms with Crippen LogP contribution < -0.4 is 0 Å². The fraction of sp³-hybridized carbons (Fsp3) is 0.333. The first-order valence-electron chi connectivity index (χ1n) is 4.32. The molecule has 0 aliphatic heterocycles. The summed E-state index contributed by atoms with van der Waals surface area (Å²) in [5, 5.41) is -0.773. The fourth-order valence-corrected chi connectivity index (χ4v) is 1.37. The lowest BCUT2D eigenvalue weighted by Gasteiger charge is -2.13. The molecule has 0 saturated carbocycles. The third-order valence-corrected chi connectivity index (χ3v) is 2.21. The molecule has 100 valence electrons. The van der Waals surface area contributed by atoms with Crippen molar-refractivity contribution in [3.8, 4) is 0 Å². The number of alkyl halides is 5. The summed E-state index contributed by atoms with van der Waals surface area (Å²) in [6.07, 6.45) is -8.54. The lowest BCUT2D eigenvalue weighted by molar-refractivity contribution is -0.139. The lowest BCUT2D eigenvalue weighted by Crippen LogP contribution is -2.15. The smallest absolute Gasteiger partial charge is 0.418 e. The molecule has 0 bridgehead atoms. The Hall–Kier alpha value is -1.44. The summed E-state index contributed by atoms with van der Waals surface area (Å²) in [5.74, 6) is -1.20. The van der Waals surface area contributed by atoms with Gasteiger partial charge in [-0.25, -0.2) is 18.6 Å². The lowest BCUT2D eigenvalue weighted by atomic mass is 10.1. The predicted molar refractivity (Wildman–Crippen MR) is 50.5 cm³/mol. The quantitative estimate of drug-likeness (QED) is 0.475. The van der Waals surface area contributed by atoms with Crippen molar-refractivity contribution in [1.82, 2.24) is 4.98 Å². The first-order chi connectivity index (χ1) is 8.18. The Morgan fingerprint density at radius 2 is 2.00 bits per heavy atom. The monoisotopic (exact) mass is 289 g/mol. The molecule has 0 spiro atoms. The summed E-state index contributed by atoms with van der Waals surface area (Å²) in [6, 6.07) is 0.197. The molecule has 0 N–H and O–H groups in total. The van der Waals surface area contributed by atoms with Gasteiger partial charge in [-0.2, -0.15) is 13.2 Å². The molecule has 1 aromatic rings. The second-order valence-electron chi connectivity index (χ2n) is 3.05. The molecule has 0 aromatic carbocycles. The molecule has 0 aliphatic rings. The van der Waals surface area contributed by atoms with Crippen molar-refractivity contribution in [1.29, 1.82) is 0 Å². The van der Waals surface area contributed by atoms with Gasteiger partial charge < -0.3 is 4.74 Å². The van der Waals surface area contributed by atoms with Crippen LogP contribution in [0.2, 0.25) is 5.15 Å². The topological polar surface area (TPSA) is 39.2 Å². The van der Waals surface area contributed by atoms with Crippen LogP contribution in [-0.2, 0) is 10.9 Å². The molecule has 9 heteroatoms. The molecule has 1 heterocycles. The van der Waals surface area contributed by atoms with E-state index in [1.165, 1.54) is 0 Å². The number of esters is 1. The highest BCUT2D eigenvalue weighted by molar-refractivity contribution is 6.32. The van der Waals surface area contributed by atoms with E-state index in [1.807, 2.05) is 0 Å². The zero-order chi connectivity index (χ0) is 14.1. The van der Waals surface area contributed by atoms with Crippen molar-refractivity contribution in [2.24, 2.45) is 0 Å². The van der Waals surface area contributed by atoms with Crippen molar-refractivity contribution in [3.05, 3.63) is 28.0 Å². The van der Waals surface area contributed by atoms with Gasteiger partial charge in [0.2, 0.25) is 0 Å². The van der Waals surface area contributed by atoms with Crippen molar-refractivity contribution >= 4 is 17.6 Å². The first-order valence-corrected chi connectivity index (χ1v) is 4.70. The highest BCUT2D eigenvalue weighted by Crippen LogP contribution is 2.37. The predicted octanol–water partition coefficient (Wildman–Crippen LogP) is 3.48. The number of rotatable bonds is 2. The molecule has 0 fully saturated rings. The standard InChI is InChI=1S/C9H5ClF5NO2/c1-18-8(17)3-2-4(9(13,14)15)5(7(11)12)16-6(3)10/h2,7H,1H3. The van der Waals surface area contributed by atoms with Crippen molar-refractivity contribution in [2.75, 3.05) is 7.11 Å². The molecular weight excluding hydrogens is 285 g/mol. The third-order valence-electron chi connectivity index (χ3n) is 1.92. The molecule has 0 saturated heterocycles. The fourth-order valence-electron chi connectivity index (χ4n) is 1.15. The molecule has 1 aromatic heterocycles. The Bertz CT molecular complexity index is 475. The van der Waals surface area contributed by atoms with E-state index >= 15 is 0 Å². The average Bonchev–Trinajstić information content (AvgIpc) is 2.25. The molecule has 0 unspecified atom stereocenters. The van der Waals surface area contributed by atoms with Gasteiger partial charge in [-0.1, -0.05) is 11.6 Å². The summed E-state index contributed by atoms with van der Waals surface area (Å²) in [7, 11) is 0.910. The number of nitrogens with zero attached hydrogens (tertiary/aromatic N) is 1. The average molecular weight is 290 g/mol. The van der Waals surface area contributed by atoms with E-state index < -0.39 is 40.5 Å². The van der Waals surface area contributed by atoms with E-state index in [-0.39, 0.29) is 6.07 Å². The number of pyridine rings is 1. The Balaban J connectivity index is 3.51. The third kappa shape index (κ3) is 2.87. The molecule has 3 nitrogen and oxygen atoms in total. The number of carbonyl (C=O) groups excluding carboxylic acids is 1. The normalized spacial score (nSPS) is 11.8. The van der Waals surface area contributed by atoms with Crippen LogP contribution in [0.1, 0.15) is 28.0 Å². The molecule has 18 heavy (non-hydrogen) atoms. The second-order valence-corrected chi connectivity index (χ2v) is 3.41. The number of aromatic nitrogens is 1. The summed E-state index contributed by atoms with van der Waals surface area (Å²) in [4.78, 5) is 14.0. The summed E-state index contributed by atoms with van der Waals surface area (Å²) >= 11 is 5.36. The Morgan fingerprint density at radius 1 is 1.44 bits per heavy atom. The maximum absolute atomic E-state index is 12.5. The van der Waals surface area contributed by atoms with Crippen LogP contribution in [0.5, 0.6) is 0 Å². The van der Waals surface area contributed by atoms with E-state index in [2.05, 4.69) is 9.72 Å². The maximum Gasteiger partial charge on any atom is 0.418 e. The van der Waals surface area contributed by atoms with Gasteiger partial charge in [-0.15, -0.1) is 0 Å². The van der Waals surface area contributed by atoms with E-state index in [4.69, 9.17) is 11.6 Å². The molecule has 0 amide bonds. The zero-order valence-corrected chi connectivity index (χ0v) is 9.44. The molecule has 0 atom stereocenters. The highest BCUT2D eigenvalue weighted by Gasteiger charge is 2.38. The minimum atomic E-state index is -5.08. The second kappa shape index (κ2) is 5.05. The first kappa shape index (κ1) is 14.6. The van der Waals surface area contributed by atoms with Crippen LogP contribution >= 0.6 is 11.6 Å². The molecular formula is C9H5ClF5NO2. The molecule has 1 rings (SSSR count). The molecule has 0 radical (unpaired) electrons. The van der Waals surface area contributed by atoms with E-state index in [1.54, 1.807) is 0 Å². The number of hydrogen-bond donors (Lipinski definition) is 0. The number of carbonyl (C=O) groups is 1. The van der Waals surface area contributed by atoms with Gasteiger partial charge in [0.05, 0.1) is 18.2 Å². The van der Waals surface area contributed by atoms with Gasteiger partial charge in [-0.3, -0.25) is 0 Å². The number of methoxy groups -OCH3 is 1. The van der Waals surface area contributed by atoms with Crippen LogP contribution in [0.25, 0.3) is 0 Å². The minimum Gasteiger partial charge on any atom is -0.465 e. The largest absolute Gasteiger partial charge is 0.465 e. The summed E-state index contributed by atoms with van der Waals surface area (Å²) in [5.41, 5.74) is -3.97. The summed E-state index contributed by atoms with van der Waals surface area (Å²) < 4.78 is 66.6. The van der Waals surface area contributed by atoms with Gasteiger partial charge in [0.25, 0.3) is 6.43 Å². The van der Waals surface area contributed by atoms with Crippen LogP contribution in [0.4, 0.5) is 22.0 Å². The van der Waals surface area contributed by atoms with Crippen LogP contribution in [-0.4, -0.2) is 18.1 Å². The SMILES string of the molecule is COC(=O)c1cc(C(F)(F)F)c(C(F)F)nc1Cl. The van der Waals surface area contributed by atoms with Crippen LogP contribution in [0.15, 0.2) is 6.07 Å². The molecule has 0 aliphatic carbocycles. The van der Waals surface area contributed by atoms with Crippen LogP contribution in [0.3, 0.4) is 0 Å². The van der Waals surface area contributed by atoms with Crippen LogP contribution in [0, 0.1) is 0 Å². The number of hydrogen-bond acceptors (Lipinski definition) is 3. The van der Waals surface area contributed by atoms with Crippen molar-refractivity contribution < 1.29 is 31.5 Å². The van der Waals surface area contributed by atoms with Gasteiger partial charge in [0, 0.05) is 0 Å². The Kier molecular flexibility index (Phi) is 4.10. The van der Waals surface area contributed by atoms with Gasteiger partial charge in [-0.05, 0) is 6.07 Å². The number of ether oxygens (including phenoxy) is 1. The zero-order valence-electron chi connectivity index (χ0n) is 8.69. The minimum absolute atomic E-state index is 0.197. The Labute approximate surface area is 103 Å². The summed E-state index contributed by atoms with van der Waals surface area (Å²) in [6.45, 7) is 0. The van der Waals surface area contributed by atoms with Gasteiger partial charge in [0.1, 0.15) is 10.8 Å². The van der Waals surface area contributed by atoms with E-state index in [0.29, 0.717) is 0 Å². The van der Waals surface area contributed by atoms with Crippen molar-refractivity contribution in [2.45, 2.75) is 12.6 Å². The van der Waals surface area contributed by atoms with Gasteiger partial charge >= 0.3 is 12.1 Å². The van der Waals surface area contributed by atoms with E-state index in [0.717, 1.165) is 7.11 Å². The van der Waals surface area contributed by atoms with Gasteiger partial charge in [0.15, 0.2) is 0 Å². The maximum atomic E-state index is 12.5. The van der Waals surface area contributed by atoms with Crippen molar-refractivity contribution in [3.63, 3.8) is 0 Å². The van der Waals surface area contributed by atoms with E-state index in [9.17, 15) is 26.7 Å². The highest BCUT2D eigenvalue weighted by atomic mass is 35.5. The Morgan fingerprint density at radius 3 is 2.39 bits per heavy atom. The number of halogens is 6.